The van der Waals surface area contributed by atoms with Gasteiger partial charge in [-0.25, -0.2) is 39.9 Å². The molecule has 0 aliphatic carbocycles. The van der Waals surface area contributed by atoms with Gasteiger partial charge in [-0.15, -0.1) is 0 Å². The van der Waals surface area contributed by atoms with E-state index in [1.807, 2.05) is 146 Å². The van der Waals surface area contributed by atoms with Gasteiger partial charge in [0.1, 0.15) is 0 Å². The Morgan fingerprint density at radius 2 is 0.220 bits per heavy atom. The number of aromatic nitrogens is 8. The maximum atomic E-state index is 5.09. The predicted molar refractivity (Wildman–Crippen MR) is 547 cm³/mol. The van der Waals surface area contributed by atoms with Crippen molar-refractivity contribution >= 4 is 64.6 Å². The molecular weight excluding hydrogens is 1600 g/mol. The predicted octanol–water partition coefficient (Wildman–Crippen LogP) is 32.1. The van der Waals surface area contributed by atoms with E-state index in [0.29, 0.717) is 23.3 Å². The van der Waals surface area contributed by atoms with Crippen molar-refractivity contribution < 1.29 is 0 Å². The van der Waals surface area contributed by atoms with E-state index in [-0.39, 0.29) is 0 Å². The summed E-state index contributed by atoms with van der Waals surface area (Å²) in [7, 11) is 0. The largest absolute Gasteiger partial charge is 0.228 e. The first-order valence-electron chi connectivity index (χ1n) is 44.6. The zero-order valence-electron chi connectivity index (χ0n) is 71.8. The molecule has 0 radical (unpaired) electrons. The summed E-state index contributed by atoms with van der Waals surface area (Å²) in [6.45, 7) is 0. The van der Waals surface area contributed by atoms with Gasteiger partial charge in [-0.1, -0.05) is 437 Å². The molecule has 616 valence electrons. The van der Waals surface area contributed by atoms with Crippen LogP contribution in [0, 0.1) is 0 Å². The van der Waals surface area contributed by atoms with Gasteiger partial charge in [-0.3, -0.25) is 0 Å². The van der Waals surface area contributed by atoms with Gasteiger partial charge in [0, 0.05) is 66.8 Å². The highest BCUT2D eigenvalue weighted by atomic mass is 14.9. The maximum absolute atomic E-state index is 5.09. The number of nitrogens with zero attached hydrogens (tertiary/aromatic N) is 8. The Morgan fingerprint density at radius 3 is 0.402 bits per heavy atom. The van der Waals surface area contributed by atoms with Gasteiger partial charge < -0.3 is 0 Å². The summed E-state index contributed by atoms with van der Waals surface area (Å²) in [5.41, 5.74) is 28.8. The number of hydrogen-bond donors (Lipinski definition) is 0. The van der Waals surface area contributed by atoms with Crippen LogP contribution >= 0.6 is 0 Å². The number of hydrogen-bond acceptors (Lipinski definition) is 8. The van der Waals surface area contributed by atoms with Crippen molar-refractivity contribution in [2.75, 3.05) is 0 Å². The minimum atomic E-state index is 0.696. The highest BCUT2D eigenvalue weighted by molar-refractivity contribution is 6.25. The van der Waals surface area contributed by atoms with Gasteiger partial charge in [0.25, 0.3) is 0 Å². The van der Waals surface area contributed by atoms with Gasteiger partial charge in [-0.05, 0) is 158 Å². The molecule has 24 rings (SSSR count). The van der Waals surface area contributed by atoms with Crippen molar-refractivity contribution in [3.05, 3.63) is 485 Å². The van der Waals surface area contributed by atoms with Crippen LogP contribution in [-0.2, 0) is 0 Å². The molecule has 0 bridgehead atoms. The summed E-state index contributed by atoms with van der Waals surface area (Å²) in [6.07, 6.45) is 0. The van der Waals surface area contributed by atoms with Gasteiger partial charge in [0.05, 0.1) is 45.6 Å². The zero-order chi connectivity index (χ0) is 87.6. The minimum Gasteiger partial charge on any atom is -0.228 e. The van der Waals surface area contributed by atoms with Crippen LogP contribution in [0.5, 0.6) is 0 Å². The van der Waals surface area contributed by atoms with Crippen molar-refractivity contribution in [3.8, 4) is 180 Å². The lowest BCUT2D eigenvalue weighted by molar-refractivity contribution is 1.18. The molecule has 4 heterocycles. The number of fused-ring (bicyclic) bond motifs is 10. The fourth-order valence-electron chi connectivity index (χ4n) is 18.4. The van der Waals surface area contributed by atoms with Crippen molar-refractivity contribution in [2.24, 2.45) is 0 Å². The highest BCUT2D eigenvalue weighted by Crippen LogP contribution is 2.47. The Labute approximate surface area is 764 Å². The SMILES string of the molecule is c1ccc(-c2cc(-c3ccc(-c4cc5c6ccccc6c(-c6ccc(-c7cc(-c8ccccc8)nc(-c8ccccc8)n7)cc6)cc5c5ccccc45)cc3)nc(-c3ccccc3)n2)cc1.c1ccc(-c2cc(-c3ccccc3)nc(-c3ccc(-c4cc5c6ccccc6c(-c6ccc(-c7nc(-c8ccccc8)cc(-c8ccccc8)n7)cc6)cc5c5ccccc45)cc3)n2)cc1. The quantitative estimate of drug-likeness (QED) is 0.0882. The average Bonchev–Trinajstić information content (AvgIpc) is 0.735. The molecule has 0 spiro atoms. The van der Waals surface area contributed by atoms with Crippen LogP contribution in [-0.4, -0.2) is 39.9 Å². The monoisotopic (exact) mass is 1680 g/mol. The van der Waals surface area contributed by atoms with E-state index in [2.05, 4.69) is 340 Å². The molecule has 4 aromatic heterocycles. The molecular formula is C124H80N8. The lowest BCUT2D eigenvalue weighted by Gasteiger charge is -2.16. The Balaban J connectivity index is 0.000000150. The maximum Gasteiger partial charge on any atom is 0.160 e. The standard InChI is InChI=1S/2C62H40N4/c1-5-17-43(18-6-1)57-39-59(65-61(63-57)47-21-9-3-10-22-47)45-33-29-41(30-34-45)53-37-55-52-28-16-14-26-50(52)54(38-56(55)51-27-15-13-25-49(51)53)42-31-35-46(36-32-42)60-40-58(44-19-7-2-8-20-44)64-62(66-60)48-23-11-4-12-24-48;1-5-17-43(18-6-1)57-39-58(44-19-7-2-8-20-44)64-61(63-57)47-33-29-41(30-34-47)53-37-55-52-28-16-14-26-50(52)54(38-56(55)51-27-15-13-25-49(51)53)42-31-35-48(36-32-42)62-65-59(45-21-9-3-10-22-45)40-60(66-62)46-23-11-4-12-24-46/h2*1-40H. The summed E-state index contributed by atoms with van der Waals surface area (Å²) in [5.74, 6) is 2.81. The third-order valence-electron chi connectivity index (χ3n) is 25.0. The van der Waals surface area contributed by atoms with E-state index in [4.69, 9.17) is 39.9 Å². The van der Waals surface area contributed by atoms with Crippen molar-refractivity contribution in [3.63, 3.8) is 0 Å². The first-order valence-corrected chi connectivity index (χ1v) is 44.6. The second-order valence-electron chi connectivity index (χ2n) is 33.2. The molecule has 0 atom stereocenters. The molecule has 0 N–H and O–H groups in total. The zero-order valence-corrected chi connectivity index (χ0v) is 71.8. The van der Waals surface area contributed by atoms with Gasteiger partial charge in [-0.2, -0.15) is 0 Å². The van der Waals surface area contributed by atoms with E-state index in [1.165, 1.54) is 86.9 Å². The van der Waals surface area contributed by atoms with Crippen LogP contribution in [0.15, 0.2) is 485 Å². The van der Waals surface area contributed by atoms with Crippen molar-refractivity contribution in [1.29, 1.82) is 0 Å². The smallest absolute Gasteiger partial charge is 0.160 e. The minimum absolute atomic E-state index is 0.696. The van der Waals surface area contributed by atoms with Crippen molar-refractivity contribution in [1.82, 2.24) is 39.9 Å². The third-order valence-corrected chi connectivity index (χ3v) is 25.0. The first kappa shape index (κ1) is 79.0. The second kappa shape index (κ2) is 34.9. The number of rotatable bonds is 16. The van der Waals surface area contributed by atoms with Crippen LogP contribution in [0.3, 0.4) is 0 Å². The molecule has 0 saturated heterocycles. The Hall–Kier alpha value is -17.7. The molecule has 24 aromatic rings. The van der Waals surface area contributed by atoms with Crippen LogP contribution in [0.1, 0.15) is 0 Å². The van der Waals surface area contributed by atoms with E-state index < -0.39 is 0 Å². The fourth-order valence-corrected chi connectivity index (χ4v) is 18.4. The van der Waals surface area contributed by atoms with Gasteiger partial charge >= 0.3 is 0 Å². The molecule has 20 aromatic carbocycles. The third kappa shape index (κ3) is 15.6. The van der Waals surface area contributed by atoms with Crippen molar-refractivity contribution in [2.45, 2.75) is 0 Å². The van der Waals surface area contributed by atoms with Crippen LogP contribution in [0.25, 0.3) is 245 Å². The van der Waals surface area contributed by atoms with Crippen LogP contribution in [0.2, 0.25) is 0 Å². The molecule has 8 heteroatoms. The van der Waals surface area contributed by atoms with Gasteiger partial charge in [0.2, 0.25) is 0 Å². The van der Waals surface area contributed by atoms with Crippen LogP contribution in [0.4, 0.5) is 0 Å². The molecule has 0 saturated carbocycles. The van der Waals surface area contributed by atoms with Gasteiger partial charge in [0.15, 0.2) is 23.3 Å². The molecule has 0 unspecified atom stereocenters. The van der Waals surface area contributed by atoms with E-state index in [9.17, 15) is 0 Å². The molecule has 132 heavy (non-hydrogen) atoms. The lowest BCUT2D eigenvalue weighted by atomic mass is 9.87. The first-order chi connectivity index (χ1) is 65.4. The lowest BCUT2D eigenvalue weighted by Crippen LogP contribution is -1.96. The summed E-state index contributed by atoms with van der Waals surface area (Å²) < 4.78 is 0. The molecule has 0 amide bonds. The summed E-state index contributed by atoms with van der Waals surface area (Å²) in [6, 6.07) is 171. The topological polar surface area (TPSA) is 103 Å². The van der Waals surface area contributed by atoms with E-state index in [1.54, 1.807) is 0 Å². The summed E-state index contributed by atoms with van der Waals surface area (Å²) in [4.78, 5) is 40.6. The molecule has 0 fully saturated rings. The molecule has 8 nitrogen and oxygen atoms in total. The second-order valence-corrected chi connectivity index (χ2v) is 33.2. The average molecular weight is 1680 g/mol. The fraction of sp³-hybridized carbons (Fsp3) is 0. The Bertz CT molecular complexity index is 7180. The highest BCUT2D eigenvalue weighted by Gasteiger charge is 2.22. The summed E-state index contributed by atoms with van der Waals surface area (Å²) in [5, 5.41) is 14.6. The van der Waals surface area contributed by atoms with E-state index >= 15 is 0 Å². The van der Waals surface area contributed by atoms with E-state index in [0.717, 1.165) is 135 Å². The normalized spacial score (nSPS) is 11.3. The Morgan fingerprint density at radius 1 is 0.0909 bits per heavy atom. The van der Waals surface area contributed by atoms with Crippen LogP contribution < -0.4 is 0 Å². The summed E-state index contributed by atoms with van der Waals surface area (Å²) >= 11 is 0. The number of benzene rings is 20. The molecule has 0 aliphatic rings. The Kier molecular flexibility index (Phi) is 20.9. The molecule has 0 aliphatic heterocycles.